The Bertz CT molecular complexity index is 824. The highest BCUT2D eigenvalue weighted by atomic mass is 16.3. The summed E-state index contributed by atoms with van der Waals surface area (Å²) in [4.78, 5) is 20.6. The number of carbonyl (C=O) groups is 1. The first-order chi connectivity index (χ1) is 11.6. The highest BCUT2D eigenvalue weighted by Gasteiger charge is 2.12. The summed E-state index contributed by atoms with van der Waals surface area (Å²) >= 11 is 0. The van der Waals surface area contributed by atoms with E-state index in [-0.39, 0.29) is 5.91 Å². The summed E-state index contributed by atoms with van der Waals surface area (Å²) in [6.07, 6.45) is 2.98. The van der Waals surface area contributed by atoms with Crippen LogP contribution in [0.1, 0.15) is 27.4 Å². The molecule has 1 amide bonds. The molecule has 2 heterocycles. The van der Waals surface area contributed by atoms with E-state index in [9.17, 15) is 4.79 Å². The van der Waals surface area contributed by atoms with Gasteiger partial charge in [-0.1, -0.05) is 18.2 Å². The molecule has 0 unspecified atom stereocenters. The Balaban J connectivity index is 1.72. The van der Waals surface area contributed by atoms with E-state index in [1.807, 2.05) is 44.2 Å². The van der Waals surface area contributed by atoms with Gasteiger partial charge in [0.15, 0.2) is 0 Å². The number of aromatic nitrogens is 2. The van der Waals surface area contributed by atoms with Crippen LogP contribution in [-0.4, -0.2) is 15.9 Å². The number of rotatable bonds is 5. The molecule has 0 saturated carbocycles. The third-order valence-corrected chi connectivity index (χ3v) is 3.64. The lowest BCUT2D eigenvalue weighted by Gasteiger charge is -2.11. The van der Waals surface area contributed by atoms with Gasteiger partial charge in [0.1, 0.15) is 23.6 Å². The molecule has 0 aliphatic rings. The van der Waals surface area contributed by atoms with Gasteiger partial charge >= 0.3 is 0 Å². The molecule has 0 aliphatic carbocycles. The molecule has 1 aromatic carbocycles. The van der Waals surface area contributed by atoms with Gasteiger partial charge in [-0.3, -0.25) is 4.79 Å². The minimum Gasteiger partial charge on any atom is -0.467 e. The van der Waals surface area contributed by atoms with Gasteiger partial charge in [0, 0.05) is 11.8 Å². The van der Waals surface area contributed by atoms with Gasteiger partial charge in [0.25, 0.3) is 5.91 Å². The molecule has 6 nitrogen and oxygen atoms in total. The summed E-state index contributed by atoms with van der Waals surface area (Å²) < 4.78 is 5.25. The molecular formula is C18H18N4O2. The molecule has 2 N–H and O–H groups in total. The molecule has 0 spiro atoms. The van der Waals surface area contributed by atoms with E-state index in [1.54, 1.807) is 12.3 Å². The minimum absolute atomic E-state index is 0.268. The van der Waals surface area contributed by atoms with Crippen molar-refractivity contribution in [1.82, 2.24) is 9.97 Å². The molecule has 3 aromatic rings. The summed E-state index contributed by atoms with van der Waals surface area (Å²) in [5.74, 6) is 1.08. The first-order valence-electron chi connectivity index (χ1n) is 7.59. The van der Waals surface area contributed by atoms with Crippen molar-refractivity contribution in [1.29, 1.82) is 0 Å². The number of benzene rings is 1. The van der Waals surface area contributed by atoms with Gasteiger partial charge in [0.2, 0.25) is 0 Å². The van der Waals surface area contributed by atoms with Crippen LogP contribution < -0.4 is 10.6 Å². The molecule has 3 rings (SSSR count). The average molecular weight is 322 g/mol. The van der Waals surface area contributed by atoms with Gasteiger partial charge < -0.3 is 15.1 Å². The van der Waals surface area contributed by atoms with Crippen LogP contribution in [0.3, 0.4) is 0 Å². The number of anilines is 2. The van der Waals surface area contributed by atoms with Gasteiger partial charge in [-0.2, -0.15) is 0 Å². The fraction of sp³-hybridized carbons (Fsp3) is 0.167. The number of nitrogens with zero attached hydrogens (tertiary/aromatic N) is 2. The van der Waals surface area contributed by atoms with Crippen molar-refractivity contribution in [2.75, 3.05) is 10.6 Å². The van der Waals surface area contributed by atoms with Crippen molar-refractivity contribution in [3.8, 4) is 0 Å². The van der Waals surface area contributed by atoms with Crippen LogP contribution in [0.25, 0.3) is 0 Å². The highest BCUT2D eigenvalue weighted by Crippen LogP contribution is 2.20. The van der Waals surface area contributed by atoms with Crippen LogP contribution in [0.15, 0.2) is 53.4 Å². The smallest absolute Gasteiger partial charge is 0.274 e. The van der Waals surface area contributed by atoms with Crippen molar-refractivity contribution >= 4 is 17.4 Å². The Kier molecular flexibility index (Phi) is 4.56. The molecule has 24 heavy (non-hydrogen) atoms. The third-order valence-electron chi connectivity index (χ3n) is 3.64. The average Bonchev–Trinajstić information content (AvgIpc) is 3.10. The standard InChI is InChI=1S/C18H18N4O2/c1-12-5-3-6-13(2)17(12)22-18(23)15-9-16(21-11-20-15)19-10-14-7-4-8-24-14/h3-9,11H,10H2,1-2H3,(H,22,23)(H,19,20,21). The predicted octanol–water partition coefficient (Wildman–Crippen LogP) is 3.55. The second-order valence-electron chi connectivity index (χ2n) is 5.44. The molecule has 6 heteroatoms. The van der Waals surface area contributed by atoms with E-state index in [2.05, 4.69) is 20.6 Å². The summed E-state index contributed by atoms with van der Waals surface area (Å²) in [6.45, 7) is 4.40. The number of carbonyl (C=O) groups excluding carboxylic acids is 1. The van der Waals surface area contributed by atoms with Gasteiger partial charge in [-0.05, 0) is 37.1 Å². The summed E-state index contributed by atoms with van der Waals surface area (Å²) in [5, 5.41) is 6.02. The Morgan fingerprint density at radius 3 is 2.62 bits per heavy atom. The summed E-state index contributed by atoms with van der Waals surface area (Å²) in [7, 11) is 0. The van der Waals surface area contributed by atoms with E-state index in [4.69, 9.17) is 4.42 Å². The third kappa shape index (κ3) is 3.60. The molecule has 0 aliphatic heterocycles. The van der Waals surface area contributed by atoms with Crippen LogP contribution in [0, 0.1) is 13.8 Å². The minimum atomic E-state index is -0.268. The summed E-state index contributed by atoms with van der Waals surface area (Å²) in [6, 6.07) is 11.2. The Morgan fingerprint density at radius 1 is 1.12 bits per heavy atom. The van der Waals surface area contributed by atoms with Crippen molar-refractivity contribution in [3.05, 3.63) is 71.6 Å². The maximum Gasteiger partial charge on any atom is 0.274 e. The lowest BCUT2D eigenvalue weighted by molar-refractivity contribution is 0.102. The van der Waals surface area contributed by atoms with Gasteiger partial charge in [0.05, 0.1) is 12.8 Å². The molecule has 2 aromatic heterocycles. The topological polar surface area (TPSA) is 80.0 Å². The number of amides is 1. The molecule has 0 atom stereocenters. The van der Waals surface area contributed by atoms with E-state index >= 15 is 0 Å². The molecule has 122 valence electrons. The van der Waals surface area contributed by atoms with Crippen LogP contribution in [0.2, 0.25) is 0 Å². The van der Waals surface area contributed by atoms with Crippen molar-refractivity contribution < 1.29 is 9.21 Å². The van der Waals surface area contributed by atoms with Crippen molar-refractivity contribution in [2.45, 2.75) is 20.4 Å². The molecule has 0 bridgehead atoms. The number of hydrogen-bond donors (Lipinski definition) is 2. The monoisotopic (exact) mass is 322 g/mol. The second-order valence-corrected chi connectivity index (χ2v) is 5.44. The molecule has 0 saturated heterocycles. The maximum atomic E-state index is 12.5. The summed E-state index contributed by atoms with van der Waals surface area (Å²) in [5.41, 5.74) is 3.13. The number of hydrogen-bond acceptors (Lipinski definition) is 5. The van der Waals surface area contributed by atoms with E-state index in [0.717, 1.165) is 22.6 Å². The number of furan rings is 1. The zero-order valence-corrected chi connectivity index (χ0v) is 13.5. The highest BCUT2D eigenvalue weighted by molar-refractivity contribution is 6.04. The van der Waals surface area contributed by atoms with Crippen molar-refractivity contribution in [3.63, 3.8) is 0 Å². The van der Waals surface area contributed by atoms with Crippen LogP contribution in [-0.2, 0) is 6.54 Å². The fourth-order valence-corrected chi connectivity index (χ4v) is 2.36. The molecular weight excluding hydrogens is 304 g/mol. The van der Waals surface area contributed by atoms with Gasteiger partial charge in [-0.15, -0.1) is 0 Å². The van der Waals surface area contributed by atoms with E-state index < -0.39 is 0 Å². The quantitative estimate of drug-likeness (QED) is 0.751. The van der Waals surface area contributed by atoms with Crippen LogP contribution in [0.4, 0.5) is 11.5 Å². The molecule has 0 radical (unpaired) electrons. The first-order valence-corrected chi connectivity index (χ1v) is 7.59. The van der Waals surface area contributed by atoms with Crippen molar-refractivity contribution in [2.24, 2.45) is 0 Å². The van der Waals surface area contributed by atoms with Gasteiger partial charge in [-0.25, -0.2) is 9.97 Å². The number of para-hydroxylation sites is 1. The Labute approximate surface area is 140 Å². The van der Waals surface area contributed by atoms with Crippen LogP contribution in [0.5, 0.6) is 0 Å². The Morgan fingerprint density at radius 2 is 1.92 bits per heavy atom. The number of nitrogens with one attached hydrogen (secondary N) is 2. The fourth-order valence-electron chi connectivity index (χ4n) is 2.36. The predicted molar refractivity (Wildman–Crippen MR) is 91.9 cm³/mol. The maximum absolute atomic E-state index is 12.5. The number of aryl methyl sites for hydroxylation is 2. The SMILES string of the molecule is Cc1cccc(C)c1NC(=O)c1cc(NCc2ccco2)ncn1. The zero-order chi connectivity index (χ0) is 16.9. The largest absolute Gasteiger partial charge is 0.467 e. The lowest BCUT2D eigenvalue weighted by Crippen LogP contribution is -2.16. The van der Waals surface area contributed by atoms with E-state index in [0.29, 0.717) is 18.1 Å². The first kappa shape index (κ1) is 15.7. The zero-order valence-electron chi connectivity index (χ0n) is 13.5. The van der Waals surface area contributed by atoms with E-state index in [1.165, 1.54) is 6.33 Å². The normalized spacial score (nSPS) is 10.4. The lowest BCUT2D eigenvalue weighted by atomic mass is 10.1. The molecule has 0 fully saturated rings. The second kappa shape index (κ2) is 6.95. The Hall–Kier alpha value is -3.15. The van der Waals surface area contributed by atoms with Crippen LogP contribution >= 0.6 is 0 Å².